The van der Waals surface area contributed by atoms with Crippen molar-refractivity contribution >= 4 is 27.5 Å². The van der Waals surface area contributed by atoms with Gasteiger partial charge < -0.3 is 0 Å². The van der Waals surface area contributed by atoms with Gasteiger partial charge in [-0.25, -0.2) is 0 Å². The van der Waals surface area contributed by atoms with Gasteiger partial charge in [0.15, 0.2) is 0 Å². The lowest BCUT2D eigenvalue weighted by atomic mass is 9.99. The lowest BCUT2D eigenvalue weighted by Gasteiger charge is -2.18. The van der Waals surface area contributed by atoms with Gasteiger partial charge in [-0.1, -0.05) is 54.1 Å². The second-order valence-electron chi connectivity index (χ2n) is 4.39. The first-order valence-corrected chi connectivity index (χ1v) is 7.33. The molecule has 1 atom stereocenters. The van der Waals surface area contributed by atoms with Gasteiger partial charge in [0.1, 0.15) is 0 Å². The van der Waals surface area contributed by atoms with Crippen LogP contribution in [0.1, 0.15) is 23.6 Å². The Balaban J connectivity index is 2.10. The van der Waals surface area contributed by atoms with Crippen molar-refractivity contribution in [2.75, 3.05) is 0 Å². The van der Waals surface area contributed by atoms with Crippen molar-refractivity contribution in [3.63, 3.8) is 0 Å². The van der Waals surface area contributed by atoms with Crippen molar-refractivity contribution in [1.29, 1.82) is 0 Å². The molecule has 0 spiro atoms. The number of halogens is 2. The van der Waals surface area contributed by atoms with E-state index in [9.17, 15) is 0 Å². The average Bonchev–Trinajstić information content (AvgIpc) is 2.45. The largest absolute Gasteiger partial charge is 0.271 e. The second kappa shape index (κ2) is 7.06. The zero-order valence-electron chi connectivity index (χ0n) is 10.4. The Bertz CT molecular complexity index is 531. The minimum Gasteiger partial charge on any atom is -0.271 e. The van der Waals surface area contributed by atoms with E-state index in [1.165, 1.54) is 5.56 Å². The molecule has 2 nitrogen and oxygen atoms in total. The summed E-state index contributed by atoms with van der Waals surface area (Å²) in [6, 6.07) is 16.3. The smallest absolute Gasteiger partial charge is 0.0596 e. The van der Waals surface area contributed by atoms with Crippen LogP contribution in [0.2, 0.25) is 5.02 Å². The van der Waals surface area contributed by atoms with E-state index < -0.39 is 0 Å². The molecule has 0 radical (unpaired) electrons. The van der Waals surface area contributed by atoms with E-state index >= 15 is 0 Å². The van der Waals surface area contributed by atoms with Crippen molar-refractivity contribution < 1.29 is 0 Å². The van der Waals surface area contributed by atoms with Gasteiger partial charge in [-0.15, -0.1) is 0 Å². The summed E-state index contributed by atoms with van der Waals surface area (Å²) in [6.07, 6.45) is 1.86. The third kappa shape index (κ3) is 3.80. The first-order valence-electron chi connectivity index (χ1n) is 6.16. The lowest BCUT2D eigenvalue weighted by molar-refractivity contribution is 0.516. The van der Waals surface area contributed by atoms with Crippen LogP contribution < -0.4 is 11.3 Å². The van der Waals surface area contributed by atoms with Gasteiger partial charge >= 0.3 is 0 Å². The van der Waals surface area contributed by atoms with E-state index in [0.29, 0.717) is 0 Å². The Labute approximate surface area is 127 Å². The maximum atomic E-state index is 6.31. The number of hydrogen-bond donors (Lipinski definition) is 2. The van der Waals surface area contributed by atoms with Gasteiger partial charge in [0.05, 0.1) is 5.02 Å². The normalized spacial score (nSPS) is 12.4. The van der Waals surface area contributed by atoms with Crippen LogP contribution in [-0.2, 0) is 6.42 Å². The van der Waals surface area contributed by atoms with E-state index in [-0.39, 0.29) is 6.04 Å². The molecule has 2 rings (SSSR count). The predicted molar refractivity (Wildman–Crippen MR) is 84.0 cm³/mol. The molecule has 2 aromatic carbocycles. The molecule has 0 aromatic heterocycles. The Morgan fingerprint density at radius 3 is 2.53 bits per heavy atom. The van der Waals surface area contributed by atoms with Crippen molar-refractivity contribution in [1.82, 2.24) is 5.43 Å². The molecule has 4 heteroatoms. The number of hydrogen-bond acceptors (Lipinski definition) is 2. The molecule has 0 aliphatic heterocycles. The molecular weight excluding hydrogens is 324 g/mol. The highest BCUT2D eigenvalue weighted by Crippen LogP contribution is 2.31. The Morgan fingerprint density at radius 1 is 1.11 bits per heavy atom. The molecule has 0 saturated heterocycles. The topological polar surface area (TPSA) is 38.0 Å². The maximum absolute atomic E-state index is 6.31. The molecule has 100 valence electrons. The van der Waals surface area contributed by atoms with Crippen molar-refractivity contribution in [2.45, 2.75) is 18.9 Å². The monoisotopic (exact) mass is 338 g/mol. The SMILES string of the molecule is NNC(CCc1ccccc1)c1cccc(Br)c1Cl. The van der Waals surface area contributed by atoms with Gasteiger partial charge in [0.2, 0.25) is 0 Å². The highest BCUT2D eigenvalue weighted by molar-refractivity contribution is 9.10. The molecule has 1 unspecified atom stereocenters. The Kier molecular flexibility index (Phi) is 5.40. The summed E-state index contributed by atoms with van der Waals surface area (Å²) in [5, 5.41) is 0.721. The Hall–Kier alpha value is -0.870. The summed E-state index contributed by atoms with van der Waals surface area (Å²) in [5.74, 6) is 5.66. The van der Waals surface area contributed by atoms with Crippen molar-refractivity contribution in [3.05, 3.63) is 69.2 Å². The van der Waals surface area contributed by atoms with Crippen LogP contribution >= 0.6 is 27.5 Å². The van der Waals surface area contributed by atoms with Gasteiger partial charge in [-0.2, -0.15) is 0 Å². The molecule has 0 heterocycles. The fraction of sp³-hybridized carbons (Fsp3) is 0.200. The third-order valence-corrected chi connectivity index (χ3v) is 4.43. The number of nitrogens with two attached hydrogens (primary N) is 1. The van der Waals surface area contributed by atoms with Crippen LogP contribution in [0.15, 0.2) is 53.0 Å². The quantitative estimate of drug-likeness (QED) is 0.631. The summed E-state index contributed by atoms with van der Waals surface area (Å²) >= 11 is 9.75. The highest BCUT2D eigenvalue weighted by Gasteiger charge is 2.14. The lowest BCUT2D eigenvalue weighted by Crippen LogP contribution is -2.28. The number of aryl methyl sites for hydroxylation is 1. The molecule has 0 aliphatic carbocycles. The maximum Gasteiger partial charge on any atom is 0.0596 e. The number of rotatable bonds is 5. The van der Waals surface area contributed by atoms with E-state index in [2.05, 4.69) is 33.5 Å². The van der Waals surface area contributed by atoms with Gasteiger partial charge in [-0.05, 0) is 46.0 Å². The average molecular weight is 340 g/mol. The van der Waals surface area contributed by atoms with Crippen molar-refractivity contribution in [3.8, 4) is 0 Å². The van der Waals surface area contributed by atoms with Crippen LogP contribution in [0.25, 0.3) is 0 Å². The highest BCUT2D eigenvalue weighted by atomic mass is 79.9. The predicted octanol–water partition coefficient (Wildman–Crippen LogP) is 4.24. The summed E-state index contributed by atoms with van der Waals surface area (Å²) in [4.78, 5) is 0. The molecule has 2 aromatic rings. The van der Waals surface area contributed by atoms with Crippen LogP contribution in [0.3, 0.4) is 0 Å². The Morgan fingerprint density at radius 2 is 1.84 bits per heavy atom. The van der Waals surface area contributed by atoms with Gasteiger partial charge in [0, 0.05) is 10.5 Å². The van der Waals surface area contributed by atoms with Crippen LogP contribution in [0, 0.1) is 0 Å². The van der Waals surface area contributed by atoms with Crippen LogP contribution in [0.5, 0.6) is 0 Å². The number of nitrogens with one attached hydrogen (secondary N) is 1. The molecule has 0 aliphatic rings. The number of benzene rings is 2. The number of hydrazine groups is 1. The minimum absolute atomic E-state index is 0.0465. The van der Waals surface area contributed by atoms with E-state index in [0.717, 1.165) is 27.9 Å². The molecule has 0 fully saturated rings. The first-order chi connectivity index (χ1) is 9.22. The summed E-state index contributed by atoms with van der Waals surface area (Å²) < 4.78 is 0.895. The van der Waals surface area contributed by atoms with Crippen LogP contribution in [-0.4, -0.2) is 0 Å². The van der Waals surface area contributed by atoms with Gasteiger partial charge in [0.25, 0.3) is 0 Å². The molecule has 0 saturated carbocycles. The summed E-state index contributed by atoms with van der Waals surface area (Å²) in [7, 11) is 0. The van der Waals surface area contributed by atoms with E-state index in [1.54, 1.807) is 0 Å². The standard InChI is InChI=1S/C15H16BrClN2/c16-13-8-4-7-12(15(13)17)14(19-18)10-9-11-5-2-1-3-6-11/h1-8,14,19H,9-10,18H2. The van der Waals surface area contributed by atoms with Crippen molar-refractivity contribution in [2.24, 2.45) is 5.84 Å². The third-order valence-electron chi connectivity index (χ3n) is 3.12. The summed E-state index contributed by atoms with van der Waals surface area (Å²) in [5.41, 5.74) is 5.17. The van der Waals surface area contributed by atoms with Gasteiger partial charge in [-0.3, -0.25) is 11.3 Å². The fourth-order valence-electron chi connectivity index (χ4n) is 2.07. The molecule has 0 amide bonds. The zero-order valence-corrected chi connectivity index (χ0v) is 12.8. The second-order valence-corrected chi connectivity index (χ2v) is 5.62. The first kappa shape index (κ1) is 14.5. The molecule has 3 N–H and O–H groups in total. The fourth-order valence-corrected chi connectivity index (χ4v) is 2.71. The van der Waals surface area contributed by atoms with E-state index in [1.807, 2.05) is 36.4 Å². The zero-order chi connectivity index (χ0) is 13.7. The van der Waals surface area contributed by atoms with E-state index in [4.69, 9.17) is 17.4 Å². The molecule has 0 bridgehead atoms. The van der Waals surface area contributed by atoms with Crippen LogP contribution in [0.4, 0.5) is 0 Å². The molecular formula is C15H16BrClN2. The minimum atomic E-state index is 0.0465. The molecule has 19 heavy (non-hydrogen) atoms. The summed E-state index contributed by atoms with van der Waals surface area (Å²) in [6.45, 7) is 0.